The number of rotatable bonds is 7. The van der Waals surface area contributed by atoms with Crippen LogP contribution in [0.4, 0.5) is 4.39 Å². The average molecular weight is 355 g/mol. The number of carbonyl (C=O) groups excluding carboxylic acids is 1. The van der Waals surface area contributed by atoms with Gasteiger partial charge in [-0.15, -0.1) is 0 Å². The van der Waals surface area contributed by atoms with Gasteiger partial charge in [0.15, 0.2) is 0 Å². The Kier molecular flexibility index (Phi) is 6.26. The highest BCUT2D eigenvalue weighted by molar-refractivity contribution is 5.84. The number of nitrogens with zero attached hydrogens (tertiary/aromatic N) is 1. The lowest BCUT2D eigenvalue weighted by Crippen LogP contribution is -2.37. The summed E-state index contributed by atoms with van der Waals surface area (Å²) < 4.78 is 18.9. The van der Waals surface area contributed by atoms with Crippen LogP contribution >= 0.6 is 0 Å². The lowest BCUT2D eigenvalue weighted by Gasteiger charge is -2.31. The fourth-order valence-electron chi connectivity index (χ4n) is 3.45. The first-order valence-electron chi connectivity index (χ1n) is 9.44. The minimum absolute atomic E-state index is 0.140. The molecule has 0 aliphatic carbocycles. The second kappa shape index (κ2) is 8.84. The number of unbranched alkanes of at least 4 members (excludes halogenated alkanes) is 2. The number of carbonyl (C=O) groups is 1. The second-order valence-electron chi connectivity index (χ2n) is 6.82. The molecule has 0 fully saturated rings. The van der Waals surface area contributed by atoms with Crippen molar-refractivity contribution in [1.29, 1.82) is 0 Å². The molecule has 0 bridgehead atoms. The zero-order valence-corrected chi connectivity index (χ0v) is 15.3. The van der Waals surface area contributed by atoms with Crippen LogP contribution in [0.2, 0.25) is 0 Å². The van der Waals surface area contributed by atoms with E-state index in [2.05, 4.69) is 6.92 Å². The SMILES string of the molecule is CCCCCN(Cc1ccc(F)cc1)C(=O)C1CCOc2ccccc21. The van der Waals surface area contributed by atoms with E-state index >= 15 is 0 Å². The number of hydrogen-bond donors (Lipinski definition) is 0. The van der Waals surface area contributed by atoms with Gasteiger partial charge in [-0.25, -0.2) is 4.39 Å². The van der Waals surface area contributed by atoms with Gasteiger partial charge in [-0.05, 0) is 36.6 Å². The second-order valence-corrected chi connectivity index (χ2v) is 6.82. The molecule has 2 aromatic carbocycles. The Morgan fingerprint density at radius 1 is 1.15 bits per heavy atom. The molecular weight excluding hydrogens is 329 g/mol. The Morgan fingerprint density at radius 2 is 1.92 bits per heavy atom. The van der Waals surface area contributed by atoms with Crippen molar-refractivity contribution in [3.63, 3.8) is 0 Å². The number of halogens is 1. The van der Waals surface area contributed by atoms with Gasteiger partial charge in [0.1, 0.15) is 11.6 Å². The lowest BCUT2D eigenvalue weighted by molar-refractivity contribution is -0.134. The van der Waals surface area contributed by atoms with E-state index in [-0.39, 0.29) is 17.6 Å². The smallest absolute Gasteiger partial charge is 0.230 e. The van der Waals surface area contributed by atoms with Crippen molar-refractivity contribution in [1.82, 2.24) is 4.90 Å². The van der Waals surface area contributed by atoms with E-state index in [1.54, 1.807) is 12.1 Å². The molecule has 3 nitrogen and oxygen atoms in total. The van der Waals surface area contributed by atoms with E-state index in [4.69, 9.17) is 4.74 Å². The number of hydrogen-bond acceptors (Lipinski definition) is 2. The summed E-state index contributed by atoms with van der Waals surface area (Å²) in [6.45, 7) is 3.96. The molecule has 1 aliphatic rings. The summed E-state index contributed by atoms with van der Waals surface area (Å²) in [6, 6.07) is 14.2. The van der Waals surface area contributed by atoms with Crippen LogP contribution in [0.1, 0.15) is 49.7 Å². The minimum atomic E-state index is -0.254. The van der Waals surface area contributed by atoms with Crippen molar-refractivity contribution in [2.24, 2.45) is 0 Å². The first-order chi connectivity index (χ1) is 12.7. The molecule has 1 aliphatic heterocycles. The Labute approximate surface area is 154 Å². The van der Waals surface area contributed by atoms with Crippen molar-refractivity contribution in [3.05, 3.63) is 65.5 Å². The monoisotopic (exact) mass is 355 g/mol. The van der Waals surface area contributed by atoms with Gasteiger partial charge in [0.05, 0.1) is 12.5 Å². The molecule has 1 heterocycles. The molecule has 138 valence electrons. The van der Waals surface area contributed by atoms with E-state index in [0.717, 1.165) is 42.7 Å². The first kappa shape index (κ1) is 18.4. The van der Waals surface area contributed by atoms with Gasteiger partial charge in [-0.1, -0.05) is 50.1 Å². The van der Waals surface area contributed by atoms with Gasteiger partial charge < -0.3 is 9.64 Å². The minimum Gasteiger partial charge on any atom is -0.493 e. The molecule has 0 radical (unpaired) electrons. The number of ether oxygens (including phenoxy) is 1. The fraction of sp³-hybridized carbons (Fsp3) is 0.409. The number of amides is 1. The van der Waals surface area contributed by atoms with E-state index in [0.29, 0.717) is 19.6 Å². The molecule has 26 heavy (non-hydrogen) atoms. The summed E-state index contributed by atoms with van der Waals surface area (Å²) in [4.78, 5) is 15.2. The van der Waals surface area contributed by atoms with Crippen LogP contribution in [0.3, 0.4) is 0 Å². The highest BCUT2D eigenvalue weighted by Gasteiger charge is 2.30. The largest absolute Gasteiger partial charge is 0.493 e. The Morgan fingerprint density at radius 3 is 2.69 bits per heavy atom. The Hall–Kier alpha value is -2.36. The summed E-state index contributed by atoms with van der Waals surface area (Å²) in [5.41, 5.74) is 1.93. The maximum absolute atomic E-state index is 13.3. The van der Waals surface area contributed by atoms with Gasteiger partial charge in [0.25, 0.3) is 0 Å². The third-order valence-corrected chi connectivity index (χ3v) is 4.89. The van der Waals surface area contributed by atoms with Gasteiger partial charge in [0, 0.05) is 18.7 Å². The average Bonchev–Trinajstić information content (AvgIpc) is 2.68. The van der Waals surface area contributed by atoms with Crippen molar-refractivity contribution in [2.75, 3.05) is 13.2 Å². The van der Waals surface area contributed by atoms with Crippen LogP contribution in [0.15, 0.2) is 48.5 Å². The van der Waals surface area contributed by atoms with Crippen LogP contribution in [0.5, 0.6) is 5.75 Å². The quantitative estimate of drug-likeness (QED) is 0.661. The van der Waals surface area contributed by atoms with E-state index in [1.807, 2.05) is 29.2 Å². The predicted molar refractivity (Wildman–Crippen MR) is 101 cm³/mol. The van der Waals surface area contributed by atoms with Crippen molar-refractivity contribution in [2.45, 2.75) is 45.1 Å². The van der Waals surface area contributed by atoms with E-state index in [1.165, 1.54) is 12.1 Å². The molecule has 1 unspecified atom stereocenters. The third-order valence-electron chi connectivity index (χ3n) is 4.89. The molecule has 1 atom stereocenters. The highest BCUT2D eigenvalue weighted by Crippen LogP contribution is 2.35. The molecule has 0 N–H and O–H groups in total. The van der Waals surface area contributed by atoms with Gasteiger partial charge in [-0.2, -0.15) is 0 Å². The highest BCUT2D eigenvalue weighted by atomic mass is 19.1. The Balaban J connectivity index is 1.79. The topological polar surface area (TPSA) is 29.5 Å². The zero-order chi connectivity index (χ0) is 18.4. The number of para-hydroxylation sites is 1. The predicted octanol–water partition coefficient (Wildman–Crippen LogP) is 4.91. The molecule has 0 aromatic heterocycles. The van der Waals surface area contributed by atoms with Crippen LogP contribution in [0, 0.1) is 5.82 Å². The molecule has 2 aromatic rings. The zero-order valence-electron chi connectivity index (χ0n) is 15.3. The molecular formula is C22H26FNO2. The third kappa shape index (κ3) is 4.43. The van der Waals surface area contributed by atoms with Gasteiger partial charge in [0.2, 0.25) is 5.91 Å². The maximum Gasteiger partial charge on any atom is 0.230 e. The van der Waals surface area contributed by atoms with E-state index < -0.39 is 0 Å². The molecule has 4 heteroatoms. The lowest BCUT2D eigenvalue weighted by atomic mass is 9.91. The number of fused-ring (bicyclic) bond motifs is 1. The van der Waals surface area contributed by atoms with Crippen LogP contribution in [-0.4, -0.2) is 24.0 Å². The summed E-state index contributed by atoms with van der Waals surface area (Å²) in [5.74, 6) is 0.534. The molecule has 0 saturated heterocycles. The summed E-state index contributed by atoms with van der Waals surface area (Å²) in [6.07, 6.45) is 3.88. The molecule has 1 amide bonds. The van der Waals surface area contributed by atoms with Crippen molar-refractivity contribution < 1.29 is 13.9 Å². The summed E-state index contributed by atoms with van der Waals surface area (Å²) in [7, 11) is 0. The van der Waals surface area contributed by atoms with Crippen molar-refractivity contribution >= 4 is 5.91 Å². The molecule has 3 rings (SSSR count). The fourth-order valence-corrected chi connectivity index (χ4v) is 3.45. The van der Waals surface area contributed by atoms with Crippen molar-refractivity contribution in [3.8, 4) is 5.75 Å². The molecule has 0 spiro atoms. The van der Waals surface area contributed by atoms with Gasteiger partial charge >= 0.3 is 0 Å². The van der Waals surface area contributed by atoms with Gasteiger partial charge in [-0.3, -0.25) is 4.79 Å². The summed E-state index contributed by atoms with van der Waals surface area (Å²) >= 11 is 0. The first-order valence-corrected chi connectivity index (χ1v) is 9.44. The van der Waals surface area contributed by atoms with E-state index in [9.17, 15) is 9.18 Å². The van der Waals surface area contributed by atoms with Crippen LogP contribution in [-0.2, 0) is 11.3 Å². The standard InChI is InChI=1S/C22H26FNO2/c1-2-3-6-14-24(16-17-9-11-18(23)12-10-17)22(25)20-13-15-26-21-8-5-4-7-19(20)21/h4-5,7-12,20H,2-3,6,13-16H2,1H3. The normalized spacial score (nSPS) is 15.8. The maximum atomic E-state index is 13.3. The van der Waals surface area contributed by atoms with Crippen LogP contribution < -0.4 is 4.74 Å². The summed E-state index contributed by atoms with van der Waals surface area (Å²) in [5, 5.41) is 0. The van der Waals surface area contributed by atoms with Crippen LogP contribution in [0.25, 0.3) is 0 Å². The number of benzene rings is 2. The molecule has 0 saturated carbocycles. The Bertz CT molecular complexity index is 729.